The predicted octanol–water partition coefficient (Wildman–Crippen LogP) is 3.27. The lowest BCUT2D eigenvalue weighted by atomic mass is 9.95. The molecule has 2 aliphatic heterocycles. The molecule has 6 heteroatoms. The largest absolute Gasteiger partial charge is 0.342 e. The Morgan fingerprint density at radius 2 is 2.00 bits per heavy atom. The molecule has 6 nitrogen and oxygen atoms in total. The van der Waals surface area contributed by atoms with E-state index in [1.807, 2.05) is 41.0 Å². The summed E-state index contributed by atoms with van der Waals surface area (Å²) in [6, 6.07) is 8.01. The van der Waals surface area contributed by atoms with Crippen LogP contribution >= 0.6 is 0 Å². The summed E-state index contributed by atoms with van der Waals surface area (Å²) in [6.45, 7) is 4.16. The Balaban J connectivity index is 1.49. The molecule has 2 unspecified atom stereocenters. The number of piperidine rings is 1. The van der Waals surface area contributed by atoms with Crippen LogP contribution in [0, 0.1) is 5.92 Å². The third-order valence-corrected chi connectivity index (χ3v) is 5.85. The van der Waals surface area contributed by atoms with Gasteiger partial charge in [-0.2, -0.15) is 0 Å². The predicted molar refractivity (Wildman–Crippen MR) is 104 cm³/mol. The van der Waals surface area contributed by atoms with Crippen molar-refractivity contribution in [3.63, 3.8) is 0 Å². The van der Waals surface area contributed by atoms with Crippen molar-refractivity contribution in [2.75, 3.05) is 19.6 Å². The maximum Gasteiger partial charge on any atom is 0.228 e. The first-order chi connectivity index (χ1) is 13.2. The van der Waals surface area contributed by atoms with Gasteiger partial charge in [-0.05, 0) is 44.2 Å². The summed E-state index contributed by atoms with van der Waals surface area (Å²) in [7, 11) is 0. The van der Waals surface area contributed by atoms with Crippen LogP contribution < -0.4 is 0 Å². The van der Waals surface area contributed by atoms with Crippen molar-refractivity contribution < 1.29 is 9.59 Å². The van der Waals surface area contributed by atoms with E-state index >= 15 is 0 Å². The minimum Gasteiger partial charge on any atom is -0.342 e. The fourth-order valence-electron chi connectivity index (χ4n) is 4.46. The van der Waals surface area contributed by atoms with Gasteiger partial charge in [0.25, 0.3) is 0 Å². The number of nitrogens with zero attached hydrogens (tertiary/aromatic N) is 3. The van der Waals surface area contributed by atoms with Gasteiger partial charge in [0, 0.05) is 26.1 Å². The van der Waals surface area contributed by atoms with Crippen LogP contribution in [0.4, 0.5) is 0 Å². The third-order valence-electron chi connectivity index (χ3n) is 5.85. The molecule has 4 rings (SSSR count). The number of para-hydroxylation sites is 2. The molecular formula is C21H28N4O2. The number of amides is 2. The van der Waals surface area contributed by atoms with Crippen LogP contribution in [0.15, 0.2) is 24.3 Å². The van der Waals surface area contributed by atoms with E-state index in [4.69, 9.17) is 4.98 Å². The number of nitrogens with one attached hydrogen (secondary N) is 1. The van der Waals surface area contributed by atoms with Crippen LogP contribution in [-0.4, -0.2) is 51.2 Å². The molecule has 2 aromatic rings. The average molecular weight is 368 g/mol. The molecule has 2 aliphatic rings. The highest BCUT2D eigenvalue weighted by Crippen LogP contribution is 2.34. The van der Waals surface area contributed by atoms with Crippen molar-refractivity contribution in [1.82, 2.24) is 19.8 Å². The molecule has 0 spiro atoms. The summed E-state index contributed by atoms with van der Waals surface area (Å²) in [5, 5.41) is 0. The van der Waals surface area contributed by atoms with Crippen LogP contribution in [0.1, 0.15) is 57.3 Å². The fourth-order valence-corrected chi connectivity index (χ4v) is 4.46. The molecule has 3 heterocycles. The van der Waals surface area contributed by atoms with E-state index in [-0.39, 0.29) is 23.8 Å². The van der Waals surface area contributed by atoms with Crippen LogP contribution in [-0.2, 0) is 9.59 Å². The number of carbonyl (C=O) groups is 2. The standard InChI is InChI=1S/C21H28N4O2/c1-2-7-19(26)24-12-5-8-15(14-24)21(27)25-13-6-11-18(25)20-22-16-9-3-4-10-17(16)23-20/h3-4,9-10,15,18H,2,5-8,11-14H2,1H3,(H,22,23). The Bertz CT molecular complexity index is 797. The van der Waals surface area contributed by atoms with Crippen molar-refractivity contribution in [1.29, 1.82) is 0 Å². The molecular weight excluding hydrogens is 340 g/mol. The SMILES string of the molecule is CCCC(=O)N1CCCC(C(=O)N2CCCC2c2nc3ccccc3[nH]2)C1. The molecule has 2 amide bonds. The van der Waals surface area contributed by atoms with Crippen molar-refractivity contribution in [2.24, 2.45) is 5.92 Å². The lowest BCUT2D eigenvalue weighted by Crippen LogP contribution is -2.46. The van der Waals surface area contributed by atoms with Gasteiger partial charge < -0.3 is 14.8 Å². The number of hydrogen-bond acceptors (Lipinski definition) is 3. The molecule has 144 valence electrons. The molecule has 0 bridgehead atoms. The first-order valence-corrected chi connectivity index (χ1v) is 10.2. The quantitative estimate of drug-likeness (QED) is 0.900. The molecule has 2 atom stereocenters. The lowest BCUT2D eigenvalue weighted by Gasteiger charge is -2.35. The molecule has 27 heavy (non-hydrogen) atoms. The van der Waals surface area contributed by atoms with Crippen molar-refractivity contribution in [3.05, 3.63) is 30.1 Å². The van der Waals surface area contributed by atoms with Gasteiger partial charge >= 0.3 is 0 Å². The molecule has 1 N–H and O–H groups in total. The number of fused-ring (bicyclic) bond motifs is 1. The second-order valence-corrected chi connectivity index (χ2v) is 7.76. The topological polar surface area (TPSA) is 69.3 Å². The number of H-pyrrole nitrogens is 1. The summed E-state index contributed by atoms with van der Waals surface area (Å²) in [6.07, 6.45) is 5.16. The summed E-state index contributed by atoms with van der Waals surface area (Å²) in [5.41, 5.74) is 1.96. The van der Waals surface area contributed by atoms with Crippen LogP contribution in [0.2, 0.25) is 0 Å². The molecule has 0 aliphatic carbocycles. The van der Waals surface area contributed by atoms with Gasteiger partial charge in [-0.3, -0.25) is 9.59 Å². The van der Waals surface area contributed by atoms with E-state index in [9.17, 15) is 9.59 Å². The summed E-state index contributed by atoms with van der Waals surface area (Å²) in [5.74, 6) is 1.18. The number of aromatic nitrogens is 2. The second kappa shape index (κ2) is 7.71. The number of hydrogen-bond donors (Lipinski definition) is 1. The van der Waals surface area contributed by atoms with Gasteiger partial charge in [0.05, 0.1) is 23.0 Å². The van der Waals surface area contributed by atoms with E-state index in [2.05, 4.69) is 4.98 Å². The second-order valence-electron chi connectivity index (χ2n) is 7.76. The van der Waals surface area contributed by atoms with Crippen molar-refractivity contribution in [3.8, 4) is 0 Å². The molecule has 1 aromatic heterocycles. The summed E-state index contributed by atoms with van der Waals surface area (Å²) in [4.78, 5) is 37.5. The zero-order chi connectivity index (χ0) is 18.8. The Kier molecular flexibility index (Phi) is 5.14. The summed E-state index contributed by atoms with van der Waals surface area (Å²) < 4.78 is 0. The van der Waals surface area contributed by atoms with Crippen LogP contribution in [0.5, 0.6) is 0 Å². The van der Waals surface area contributed by atoms with Gasteiger partial charge in [-0.25, -0.2) is 4.98 Å². The third kappa shape index (κ3) is 3.57. The maximum absolute atomic E-state index is 13.3. The van der Waals surface area contributed by atoms with Crippen LogP contribution in [0.25, 0.3) is 11.0 Å². The Labute approximate surface area is 159 Å². The van der Waals surface area contributed by atoms with Crippen LogP contribution in [0.3, 0.4) is 0 Å². The number of aromatic amines is 1. The van der Waals surface area contributed by atoms with Gasteiger partial charge in [-0.1, -0.05) is 19.1 Å². The number of benzene rings is 1. The monoisotopic (exact) mass is 368 g/mol. The van der Waals surface area contributed by atoms with E-state index in [1.54, 1.807) is 0 Å². The smallest absolute Gasteiger partial charge is 0.228 e. The van der Waals surface area contributed by atoms with Crippen molar-refractivity contribution in [2.45, 2.75) is 51.5 Å². The minimum absolute atomic E-state index is 0.0200. The zero-order valence-corrected chi connectivity index (χ0v) is 16.0. The highest BCUT2D eigenvalue weighted by molar-refractivity contribution is 5.82. The molecule has 0 saturated carbocycles. The van der Waals surface area contributed by atoms with Gasteiger partial charge in [0.15, 0.2) is 0 Å². The first-order valence-electron chi connectivity index (χ1n) is 10.2. The molecule has 2 saturated heterocycles. The van der Waals surface area contributed by atoms with Gasteiger partial charge in [0.1, 0.15) is 5.82 Å². The van der Waals surface area contributed by atoms with E-state index in [1.165, 1.54) is 0 Å². The first kappa shape index (κ1) is 18.0. The maximum atomic E-state index is 13.3. The lowest BCUT2D eigenvalue weighted by molar-refractivity contribution is -0.141. The van der Waals surface area contributed by atoms with E-state index in [0.717, 1.165) is 62.1 Å². The number of rotatable bonds is 4. The van der Waals surface area contributed by atoms with E-state index < -0.39 is 0 Å². The van der Waals surface area contributed by atoms with E-state index in [0.29, 0.717) is 13.0 Å². The number of imidazole rings is 1. The highest BCUT2D eigenvalue weighted by atomic mass is 16.2. The zero-order valence-electron chi connectivity index (χ0n) is 16.0. The number of likely N-dealkylation sites (tertiary alicyclic amines) is 2. The molecule has 2 fully saturated rings. The van der Waals surface area contributed by atoms with Gasteiger partial charge in [0.2, 0.25) is 11.8 Å². The van der Waals surface area contributed by atoms with Gasteiger partial charge in [-0.15, -0.1) is 0 Å². The Morgan fingerprint density at radius 1 is 1.19 bits per heavy atom. The number of carbonyl (C=O) groups excluding carboxylic acids is 2. The Morgan fingerprint density at radius 3 is 2.81 bits per heavy atom. The normalized spacial score (nSPS) is 23.1. The highest BCUT2D eigenvalue weighted by Gasteiger charge is 2.37. The minimum atomic E-state index is -0.0791. The Hall–Kier alpha value is -2.37. The fraction of sp³-hybridized carbons (Fsp3) is 0.571. The molecule has 0 radical (unpaired) electrons. The average Bonchev–Trinajstić information content (AvgIpc) is 3.34. The summed E-state index contributed by atoms with van der Waals surface area (Å²) >= 11 is 0. The van der Waals surface area contributed by atoms with Crippen molar-refractivity contribution >= 4 is 22.8 Å². The molecule has 1 aromatic carbocycles.